The molecule has 4 heteroatoms. The van der Waals surface area contributed by atoms with Crippen LogP contribution in [-0.2, 0) is 6.42 Å². The first-order chi connectivity index (χ1) is 9.93. The fourth-order valence-corrected chi connectivity index (χ4v) is 2.23. The fourth-order valence-electron chi connectivity index (χ4n) is 2.23. The third kappa shape index (κ3) is 2.91. The van der Waals surface area contributed by atoms with Gasteiger partial charge in [0.15, 0.2) is 0 Å². The Kier molecular flexibility index (Phi) is 3.83. The molecule has 1 aliphatic heterocycles. The van der Waals surface area contributed by atoms with Crippen molar-refractivity contribution in [3.63, 3.8) is 0 Å². The van der Waals surface area contributed by atoms with Gasteiger partial charge in [0.1, 0.15) is 12.2 Å². The highest BCUT2D eigenvalue weighted by Crippen LogP contribution is 2.11. The van der Waals surface area contributed by atoms with Crippen LogP contribution in [0.1, 0.15) is 11.1 Å². The molecule has 2 heterocycles. The predicted octanol–water partition coefficient (Wildman–Crippen LogP) is 2.30. The zero-order valence-electron chi connectivity index (χ0n) is 11.2. The average Bonchev–Trinajstić information content (AvgIpc) is 2.55. The summed E-state index contributed by atoms with van der Waals surface area (Å²) in [4.78, 5) is 14.9. The Morgan fingerprint density at radius 3 is 2.65 bits per heavy atom. The second-order valence-corrected chi connectivity index (χ2v) is 4.65. The molecule has 0 spiro atoms. The van der Waals surface area contributed by atoms with Gasteiger partial charge in [0.25, 0.3) is 0 Å². The molecule has 3 rings (SSSR count). The Morgan fingerprint density at radius 2 is 1.85 bits per heavy atom. The third-order valence-electron chi connectivity index (χ3n) is 3.24. The lowest BCUT2D eigenvalue weighted by molar-refractivity contribution is 0.460. The van der Waals surface area contributed by atoms with E-state index in [4.69, 9.17) is 0 Å². The summed E-state index contributed by atoms with van der Waals surface area (Å²) in [5.41, 5.74) is 2.30. The van der Waals surface area contributed by atoms with Gasteiger partial charge in [-0.2, -0.15) is 0 Å². The highest BCUT2D eigenvalue weighted by Gasteiger charge is 2.14. The minimum Gasteiger partial charge on any atom is -0.352 e. The van der Waals surface area contributed by atoms with Crippen LogP contribution >= 0.6 is 0 Å². The van der Waals surface area contributed by atoms with Crippen molar-refractivity contribution in [2.75, 3.05) is 13.1 Å². The van der Waals surface area contributed by atoms with Crippen molar-refractivity contribution >= 4 is 5.84 Å². The number of rotatable bonds is 4. The standard InChI is InChI=1S/C16H16N4/c1-2-5-15(6-3-1)16-19-8-4-9-20(16)10-7-14-11-17-13-18-12-14/h1-6,8,11-13H,7,9-10H2. The summed E-state index contributed by atoms with van der Waals surface area (Å²) in [6, 6.07) is 10.3. The van der Waals surface area contributed by atoms with Crippen LogP contribution in [0.5, 0.6) is 0 Å². The molecule has 100 valence electrons. The van der Waals surface area contributed by atoms with E-state index >= 15 is 0 Å². The Balaban J connectivity index is 1.72. The van der Waals surface area contributed by atoms with Crippen LogP contribution < -0.4 is 0 Å². The normalized spacial score (nSPS) is 14.2. The van der Waals surface area contributed by atoms with Gasteiger partial charge >= 0.3 is 0 Å². The van der Waals surface area contributed by atoms with Gasteiger partial charge in [0.2, 0.25) is 0 Å². The molecular weight excluding hydrogens is 248 g/mol. The van der Waals surface area contributed by atoms with Crippen LogP contribution in [0.25, 0.3) is 0 Å². The van der Waals surface area contributed by atoms with E-state index in [2.05, 4.69) is 38.1 Å². The van der Waals surface area contributed by atoms with E-state index in [-0.39, 0.29) is 0 Å². The second-order valence-electron chi connectivity index (χ2n) is 4.65. The highest BCUT2D eigenvalue weighted by molar-refractivity contribution is 5.99. The first kappa shape index (κ1) is 12.5. The van der Waals surface area contributed by atoms with E-state index < -0.39 is 0 Å². The molecule has 0 unspecified atom stereocenters. The van der Waals surface area contributed by atoms with Crippen molar-refractivity contribution in [2.24, 2.45) is 4.99 Å². The van der Waals surface area contributed by atoms with Gasteiger partial charge in [-0.3, -0.25) is 0 Å². The number of aliphatic imine (C=N–C) groups is 1. The number of hydrogen-bond acceptors (Lipinski definition) is 4. The minimum absolute atomic E-state index is 0.890. The first-order valence-electron chi connectivity index (χ1n) is 6.70. The first-order valence-corrected chi connectivity index (χ1v) is 6.70. The molecule has 2 aromatic rings. The zero-order chi connectivity index (χ0) is 13.6. The minimum atomic E-state index is 0.890. The third-order valence-corrected chi connectivity index (χ3v) is 3.24. The number of aromatic nitrogens is 2. The number of nitrogens with zero attached hydrogens (tertiary/aromatic N) is 4. The molecule has 1 aromatic heterocycles. The second kappa shape index (κ2) is 6.10. The summed E-state index contributed by atoms with van der Waals surface area (Å²) < 4.78 is 0. The molecule has 0 saturated carbocycles. The maximum absolute atomic E-state index is 4.52. The largest absolute Gasteiger partial charge is 0.352 e. The number of benzene rings is 1. The molecule has 0 amide bonds. The molecular formula is C16H16N4. The quantitative estimate of drug-likeness (QED) is 0.851. The molecule has 20 heavy (non-hydrogen) atoms. The molecule has 0 bridgehead atoms. The maximum Gasteiger partial charge on any atom is 0.136 e. The predicted molar refractivity (Wildman–Crippen MR) is 79.4 cm³/mol. The van der Waals surface area contributed by atoms with Crippen LogP contribution in [-0.4, -0.2) is 33.8 Å². The van der Waals surface area contributed by atoms with Crippen LogP contribution in [0.3, 0.4) is 0 Å². The van der Waals surface area contributed by atoms with E-state index in [1.165, 1.54) is 0 Å². The Bertz CT molecular complexity index is 605. The number of amidine groups is 1. The van der Waals surface area contributed by atoms with Crippen molar-refractivity contribution in [1.29, 1.82) is 0 Å². The van der Waals surface area contributed by atoms with Gasteiger partial charge in [-0.1, -0.05) is 30.3 Å². The SMILES string of the molecule is C1=CN=C(c2ccccc2)N(CCc2cncnc2)C1. The molecule has 0 N–H and O–H groups in total. The van der Waals surface area contributed by atoms with Gasteiger partial charge in [-0.05, 0) is 18.1 Å². The van der Waals surface area contributed by atoms with Gasteiger partial charge in [-0.25, -0.2) is 15.0 Å². The molecule has 0 saturated heterocycles. The van der Waals surface area contributed by atoms with Crippen molar-refractivity contribution in [1.82, 2.24) is 14.9 Å². The van der Waals surface area contributed by atoms with Gasteiger partial charge in [0, 0.05) is 37.2 Å². The smallest absolute Gasteiger partial charge is 0.136 e. The lowest BCUT2D eigenvalue weighted by atomic mass is 10.1. The highest BCUT2D eigenvalue weighted by atomic mass is 15.2. The summed E-state index contributed by atoms with van der Waals surface area (Å²) in [6.07, 6.45) is 10.2. The molecule has 0 fully saturated rings. The van der Waals surface area contributed by atoms with Crippen molar-refractivity contribution in [2.45, 2.75) is 6.42 Å². The molecule has 0 radical (unpaired) electrons. The van der Waals surface area contributed by atoms with Crippen molar-refractivity contribution < 1.29 is 0 Å². The molecule has 1 aromatic carbocycles. The summed E-state index contributed by atoms with van der Waals surface area (Å²) in [5, 5.41) is 0. The van der Waals surface area contributed by atoms with Crippen LogP contribution in [0.2, 0.25) is 0 Å². The van der Waals surface area contributed by atoms with Gasteiger partial charge in [0.05, 0.1) is 0 Å². The molecule has 1 aliphatic rings. The molecule has 0 atom stereocenters. The molecule has 0 aliphatic carbocycles. The van der Waals surface area contributed by atoms with Gasteiger partial charge in [-0.15, -0.1) is 0 Å². The van der Waals surface area contributed by atoms with E-state index in [0.717, 1.165) is 36.5 Å². The van der Waals surface area contributed by atoms with E-state index in [1.54, 1.807) is 6.33 Å². The number of hydrogen-bond donors (Lipinski definition) is 0. The summed E-state index contributed by atoms with van der Waals surface area (Å²) >= 11 is 0. The van der Waals surface area contributed by atoms with Crippen LogP contribution in [0.15, 0.2) is 66.3 Å². The summed E-state index contributed by atoms with van der Waals surface area (Å²) in [7, 11) is 0. The Labute approximate surface area is 118 Å². The Hall–Kier alpha value is -2.49. The fraction of sp³-hybridized carbons (Fsp3) is 0.188. The van der Waals surface area contributed by atoms with Crippen LogP contribution in [0.4, 0.5) is 0 Å². The van der Waals surface area contributed by atoms with Crippen LogP contribution in [0, 0.1) is 0 Å². The van der Waals surface area contributed by atoms with Gasteiger partial charge < -0.3 is 4.90 Å². The zero-order valence-corrected chi connectivity index (χ0v) is 11.2. The average molecular weight is 264 g/mol. The van der Waals surface area contributed by atoms with E-state index in [9.17, 15) is 0 Å². The summed E-state index contributed by atoms with van der Waals surface area (Å²) in [6.45, 7) is 1.80. The monoisotopic (exact) mass is 264 g/mol. The van der Waals surface area contributed by atoms with E-state index in [1.807, 2.05) is 36.8 Å². The Morgan fingerprint density at radius 1 is 1.05 bits per heavy atom. The lowest BCUT2D eigenvalue weighted by Crippen LogP contribution is -2.35. The maximum atomic E-state index is 4.52. The topological polar surface area (TPSA) is 41.4 Å². The lowest BCUT2D eigenvalue weighted by Gasteiger charge is -2.27. The molecule has 4 nitrogen and oxygen atoms in total. The summed E-state index contributed by atoms with van der Waals surface area (Å²) in [5.74, 6) is 1.03. The van der Waals surface area contributed by atoms with Crippen molar-refractivity contribution in [3.05, 3.63) is 72.5 Å². The van der Waals surface area contributed by atoms with Crippen molar-refractivity contribution in [3.8, 4) is 0 Å². The van der Waals surface area contributed by atoms with E-state index in [0.29, 0.717) is 0 Å².